The molecule has 0 aliphatic rings. The Morgan fingerprint density at radius 3 is 2.67 bits per heavy atom. The van der Waals surface area contributed by atoms with Gasteiger partial charge in [-0.3, -0.25) is 0 Å². The summed E-state index contributed by atoms with van der Waals surface area (Å²) in [6.07, 6.45) is 0.956. The fourth-order valence-electron chi connectivity index (χ4n) is 1.19. The molecule has 0 aliphatic heterocycles. The van der Waals surface area contributed by atoms with E-state index in [9.17, 15) is 0 Å². The van der Waals surface area contributed by atoms with Crippen molar-refractivity contribution >= 4 is 11.3 Å². The highest BCUT2D eigenvalue weighted by molar-refractivity contribution is 7.09. The Balaban J connectivity index is 2.91. The zero-order chi connectivity index (χ0) is 9.19. The molecule has 0 amide bonds. The highest BCUT2D eigenvalue weighted by atomic mass is 32.1. The van der Waals surface area contributed by atoms with Crippen LogP contribution in [-0.4, -0.2) is 11.5 Å². The minimum Gasteiger partial charge on any atom is -0.330 e. The summed E-state index contributed by atoms with van der Waals surface area (Å²) in [6.45, 7) is 7.26. The lowest BCUT2D eigenvalue weighted by atomic mass is 9.91. The summed E-state index contributed by atoms with van der Waals surface area (Å²) in [5.41, 5.74) is 8.78. The molecule has 0 aliphatic carbocycles. The van der Waals surface area contributed by atoms with Crippen molar-refractivity contribution in [2.75, 3.05) is 6.54 Å². The molecular formula is C9H16N2S. The topological polar surface area (TPSA) is 38.9 Å². The molecule has 0 radical (unpaired) electrons. The van der Waals surface area contributed by atoms with Crippen LogP contribution in [0.1, 0.15) is 31.3 Å². The maximum Gasteiger partial charge on any atom is 0.0797 e. The molecule has 2 nitrogen and oxygen atoms in total. The lowest BCUT2D eigenvalue weighted by Gasteiger charge is -2.17. The van der Waals surface area contributed by atoms with Crippen molar-refractivity contribution in [1.82, 2.24) is 4.98 Å². The van der Waals surface area contributed by atoms with Crippen LogP contribution in [0, 0.1) is 0 Å². The van der Waals surface area contributed by atoms with Gasteiger partial charge in [0.15, 0.2) is 0 Å². The van der Waals surface area contributed by atoms with Crippen molar-refractivity contribution < 1.29 is 0 Å². The van der Waals surface area contributed by atoms with Gasteiger partial charge in [-0.1, -0.05) is 20.8 Å². The van der Waals surface area contributed by atoms with Crippen molar-refractivity contribution in [3.8, 4) is 0 Å². The van der Waals surface area contributed by atoms with E-state index in [1.807, 2.05) is 5.51 Å². The van der Waals surface area contributed by atoms with Crippen molar-refractivity contribution in [1.29, 1.82) is 0 Å². The van der Waals surface area contributed by atoms with E-state index in [0.29, 0.717) is 6.54 Å². The van der Waals surface area contributed by atoms with E-state index < -0.39 is 0 Å². The Bertz CT molecular complexity index is 247. The minimum absolute atomic E-state index is 0.157. The number of nitrogens with two attached hydrogens (primary N) is 1. The molecule has 0 fully saturated rings. The maximum absolute atomic E-state index is 5.51. The summed E-state index contributed by atoms with van der Waals surface area (Å²) in [7, 11) is 0. The Kier molecular flexibility index (Phi) is 2.85. The Morgan fingerprint density at radius 2 is 2.17 bits per heavy atom. The van der Waals surface area contributed by atoms with E-state index in [1.54, 1.807) is 11.3 Å². The summed E-state index contributed by atoms with van der Waals surface area (Å²) in [5, 5.41) is 0. The van der Waals surface area contributed by atoms with Gasteiger partial charge in [-0.05, 0) is 13.0 Å². The zero-order valence-corrected chi connectivity index (χ0v) is 8.74. The highest BCUT2D eigenvalue weighted by Gasteiger charge is 2.19. The fourth-order valence-corrected chi connectivity index (χ4v) is 2.18. The van der Waals surface area contributed by atoms with Gasteiger partial charge in [-0.15, -0.1) is 11.3 Å². The molecule has 0 saturated heterocycles. The zero-order valence-electron chi connectivity index (χ0n) is 7.92. The predicted octanol–water partition coefficient (Wildman–Crippen LogP) is 1.94. The Morgan fingerprint density at radius 1 is 1.50 bits per heavy atom. The number of thiazole rings is 1. The summed E-state index contributed by atoms with van der Waals surface area (Å²) >= 11 is 1.71. The first-order valence-corrected chi connectivity index (χ1v) is 5.06. The Hall–Kier alpha value is -0.410. The number of hydrogen-bond donors (Lipinski definition) is 1. The predicted molar refractivity (Wildman–Crippen MR) is 53.6 cm³/mol. The first-order chi connectivity index (χ1) is 5.55. The molecule has 0 unspecified atom stereocenters. The van der Waals surface area contributed by atoms with Gasteiger partial charge >= 0.3 is 0 Å². The quantitative estimate of drug-likeness (QED) is 0.763. The van der Waals surface area contributed by atoms with E-state index in [2.05, 4.69) is 25.8 Å². The van der Waals surface area contributed by atoms with Crippen molar-refractivity contribution in [2.24, 2.45) is 5.73 Å². The molecule has 1 aromatic heterocycles. The van der Waals surface area contributed by atoms with Crippen LogP contribution in [0.3, 0.4) is 0 Å². The molecule has 0 atom stereocenters. The molecule has 3 heteroatoms. The smallest absolute Gasteiger partial charge is 0.0797 e. The number of nitrogens with zero attached hydrogens (tertiary/aromatic N) is 1. The molecule has 1 heterocycles. The standard InChI is InChI=1S/C9H16N2S/c1-9(2,3)8-7(4-5-10)12-6-11-8/h6H,4-5,10H2,1-3H3. The van der Waals surface area contributed by atoms with Crippen LogP contribution >= 0.6 is 11.3 Å². The SMILES string of the molecule is CC(C)(C)c1ncsc1CCN. The van der Waals surface area contributed by atoms with Gasteiger partial charge < -0.3 is 5.73 Å². The van der Waals surface area contributed by atoms with Crippen LogP contribution in [-0.2, 0) is 11.8 Å². The van der Waals surface area contributed by atoms with Crippen LogP contribution in [0.15, 0.2) is 5.51 Å². The molecule has 12 heavy (non-hydrogen) atoms. The molecule has 0 aromatic carbocycles. The summed E-state index contributed by atoms with van der Waals surface area (Å²) < 4.78 is 0. The molecule has 0 spiro atoms. The van der Waals surface area contributed by atoms with Crippen molar-refractivity contribution in [3.63, 3.8) is 0 Å². The molecule has 2 N–H and O–H groups in total. The lowest BCUT2D eigenvalue weighted by molar-refractivity contribution is 0.566. The second kappa shape index (κ2) is 3.54. The van der Waals surface area contributed by atoms with Crippen molar-refractivity contribution in [2.45, 2.75) is 32.6 Å². The van der Waals surface area contributed by atoms with Gasteiger partial charge in [0.25, 0.3) is 0 Å². The van der Waals surface area contributed by atoms with E-state index >= 15 is 0 Å². The van der Waals surface area contributed by atoms with Gasteiger partial charge in [-0.2, -0.15) is 0 Å². The van der Waals surface area contributed by atoms with Crippen LogP contribution in [0.25, 0.3) is 0 Å². The normalized spacial score (nSPS) is 12.0. The third kappa shape index (κ3) is 2.05. The molecule has 1 aromatic rings. The second-order valence-electron chi connectivity index (χ2n) is 3.91. The largest absolute Gasteiger partial charge is 0.330 e. The van der Waals surface area contributed by atoms with Gasteiger partial charge in [-0.25, -0.2) is 4.98 Å². The van der Waals surface area contributed by atoms with E-state index in [1.165, 1.54) is 10.6 Å². The average molecular weight is 184 g/mol. The van der Waals surface area contributed by atoms with E-state index in [4.69, 9.17) is 5.73 Å². The fraction of sp³-hybridized carbons (Fsp3) is 0.667. The van der Waals surface area contributed by atoms with Crippen LogP contribution in [0.2, 0.25) is 0 Å². The highest BCUT2D eigenvalue weighted by Crippen LogP contribution is 2.26. The first-order valence-electron chi connectivity index (χ1n) is 4.18. The van der Waals surface area contributed by atoms with Gasteiger partial charge in [0.1, 0.15) is 0 Å². The van der Waals surface area contributed by atoms with Gasteiger partial charge in [0.2, 0.25) is 0 Å². The van der Waals surface area contributed by atoms with E-state index in [0.717, 1.165) is 6.42 Å². The summed E-state index contributed by atoms with van der Waals surface area (Å²) in [5.74, 6) is 0. The first kappa shape index (κ1) is 9.68. The third-order valence-electron chi connectivity index (χ3n) is 1.72. The van der Waals surface area contributed by atoms with Crippen LogP contribution in [0.4, 0.5) is 0 Å². The molecule has 68 valence electrons. The maximum atomic E-state index is 5.51. The Labute approximate surface area is 77.8 Å². The van der Waals surface area contributed by atoms with Crippen molar-refractivity contribution in [3.05, 3.63) is 16.1 Å². The monoisotopic (exact) mass is 184 g/mol. The lowest BCUT2D eigenvalue weighted by Crippen LogP contribution is -2.15. The number of aromatic nitrogens is 1. The average Bonchev–Trinajstić information content (AvgIpc) is 2.34. The molecule has 1 rings (SSSR count). The molecule has 0 bridgehead atoms. The minimum atomic E-state index is 0.157. The van der Waals surface area contributed by atoms with Gasteiger partial charge in [0, 0.05) is 10.3 Å². The van der Waals surface area contributed by atoms with E-state index in [-0.39, 0.29) is 5.41 Å². The third-order valence-corrected chi connectivity index (χ3v) is 2.62. The second-order valence-corrected chi connectivity index (χ2v) is 4.85. The van der Waals surface area contributed by atoms with Crippen LogP contribution < -0.4 is 5.73 Å². The summed E-state index contributed by atoms with van der Waals surface area (Å²) in [6, 6.07) is 0. The molecular weight excluding hydrogens is 168 g/mol. The number of rotatable bonds is 2. The van der Waals surface area contributed by atoms with Crippen LogP contribution in [0.5, 0.6) is 0 Å². The van der Waals surface area contributed by atoms with Gasteiger partial charge in [0.05, 0.1) is 11.2 Å². The summed E-state index contributed by atoms with van der Waals surface area (Å²) in [4.78, 5) is 5.71. The molecule has 0 saturated carbocycles. The number of hydrogen-bond acceptors (Lipinski definition) is 3.